The molecule has 0 unspecified atom stereocenters. The molecule has 1 rings (SSSR count). The third-order valence-electron chi connectivity index (χ3n) is 1.66. The number of hydrazine groups is 1. The van der Waals surface area contributed by atoms with Crippen LogP contribution in [0, 0.1) is 0 Å². The summed E-state index contributed by atoms with van der Waals surface area (Å²) in [5.41, 5.74) is 1.82. The molecule has 0 heterocycles. The number of methoxy groups -OCH3 is 1. The normalized spacial score (nSPS) is 11.0. The molecule has 0 aliphatic heterocycles. The molecule has 0 aliphatic carbocycles. The monoisotopic (exact) mass is 298 g/mol. The maximum absolute atomic E-state index is 11.7. The minimum Gasteiger partial charge on any atom is -0.452 e. The van der Waals surface area contributed by atoms with Crippen LogP contribution in [-0.2, 0) is 14.8 Å². The number of benzene rings is 1. The quantitative estimate of drug-likeness (QED) is 0.829. The fourth-order valence-electron chi connectivity index (χ4n) is 0.898. The van der Waals surface area contributed by atoms with E-state index in [1.807, 2.05) is 5.43 Å². The van der Waals surface area contributed by atoms with Crippen LogP contribution >= 0.6 is 23.2 Å². The first-order chi connectivity index (χ1) is 7.86. The molecule has 2 N–H and O–H groups in total. The zero-order valence-corrected chi connectivity index (χ0v) is 10.9. The summed E-state index contributed by atoms with van der Waals surface area (Å²) in [7, 11) is -2.90. The summed E-state index contributed by atoms with van der Waals surface area (Å²) < 4.78 is 27.6. The minimum atomic E-state index is -4.00. The van der Waals surface area contributed by atoms with Crippen LogP contribution in [0.4, 0.5) is 4.79 Å². The van der Waals surface area contributed by atoms with Gasteiger partial charge in [0.25, 0.3) is 10.0 Å². The van der Waals surface area contributed by atoms with Crippen LogP contribution in [-0.4, -0.2) is 21.6 Å². The standard InChI is InChI=1S/C8H8Cl2N2O4S/c1-16-8(13)11-12-17(14,15)7-4-5(9)2-3-6(7)10/h2-4,12H,1H3,(H,11,13). The molecule has 0 radical (unpaired) electrons. The van der Waals surface area contributed by atoms with Crippen molar-refractivity contribution in [2.24, 2.45) is 0 Å². The van der Waals surface area contributed by atoms with Gasteiger partial charge in [-0.3, -0.25) is 0 Å². The van der Waals surface area contributed by atoms with Gasteiger partial charge in [0.15, 0.2) is 0 Å². The Morgan fingerprint density at radius 2 is 2.00 bits per heavy atom. The molecule has 17 heavy (non-hydrogen) atoms. The average Bonchev–Trinajstić information content (AvgIpc) is 2.29. The lowest BCUT2D eigenvalue weighted by molar-refractivity contribution is 0.169. The van der Waals surface area contributed by atoms with Crippen molar-refractivity contribution >= 4 is 39.3 Å². The van der Waals surface area contributed by atoms with Crippen molar-refractivity contribution in [1.82, 2.24) is 10.3 Å². The zero-order valence-electron chi connectivity index (χ0n) is 8.53. The van der Waals surface area contributed by atoms with E-state index in [4.69, 9.17) is 23.2 Å². The van der Waals surface area contributed by atoms with Crippen LogP contribution in [0.5, 0.6) is 0 Å². The summed E-state index contributed by atoms with van der Waals surface area (Å²) in [6.45, 7) is 0. The zero-order chi connectivity index (χ0) is 13.1. The number of halogens is 2. The highest BCUT2D eigenvalue weighted by Gasteiger charge is 2.19. The van der Waals surface area contributed by atoms with Gasteiger partial charge >= 0.3 is 6.09 Å². The van der Waals surface area contributed by atoms with Gasteiger partial charge in [-0.05, 0) is 18.2 Å². The maximum atomic E-state index is 11.7. The van der Waals surface area contributed by atoms with E-state index < -0.39 is 16.1 Å². The number of hydrogen-bond donors (Lipinski definition) is 2. The molecular formula is C8H8Cl2N2O4S. The lowest BCUT2D eigenvalue weighted by Gasteiger charge is -2.08. The van der Waals surface area contributed by atoms with Crippen molar-refractivity contribution in [3.05, 3.63) is 28.2 Å². The molecule has 0 saturated carbocycles. The third kappa shape index (κ3) is 3.74. The van der Waals surface area contributed by atoms with Gasteiger partial charge in [-0.25, -0.2) is 18.6 Å². The number of amides is 1. The summed E-state index contributed by atoms with van der Waals surface area (Å²) in [4.78, 5) is 12.3. The Morgan fingerprint density at radius 3 is 2.59 bits per heavy atom. The van der Waals surface area contributed by atoms with E-state index in [1.54, 1.807) is 4.83 Å². The number of carbonyl (C=O) groups is 1. The largest absolute Gasteiger partial charge is 0.452 e. The minimum absolute atomic E-state index is 0.0198. The van der Waals surface area contributed by atoms with E-state index >= 15 is 0 Å². The Morgan fingerprint density at radius 1 is 1.35 bits per heavy atom. The second kappa shape index (κ2) is 5.54. The molecule has 0 fully saturated rings. The molecular weight excluding hydrogens is 291 g/mol. The first-order valence-corrected chi connectivity index (χ1v) is 6.41. The average molecular weight is 299 g/mol. The molecule has 6 nitrogen and oxygen atoms in total. The van der Waals surface area contributed by atoms with Crippen molar-refractivity contribution < 1.29 is 17.9 Å². The molecule has 0 aliphatic rings. The van der Waals surface area contributed by atoms with Crippen molar-refractivity contribution in [1.29, 1.82) is 0 Å². The highest BCUT2D eigenvalue weighted by atomic mass is 35.5. The lowest BCUT2D eigenvalue weighted by Crippen LogP contribution is -2.41. The van der Waals surface area contributed by atoms with Crippen molar-refractivity contribution in [2.45, 2.75) is 4.90 Å². The van der Waals surface area contributed by atoms with E-state index in [9.17, 15) is 13.2 Å². The fourth-order valence-corrected chi connectivity index (χ4v) is 2.49. The second-order valence-corrected chi connectivity index (χ2v) is 5.29. The van der Waals surface area contributed by atoms with Gasteiger partial charge in [-0.2, -0.15) is 0 Å². The summed E-state index contributed by atoms with van der Waals surface area (Å²) in [6.07, 6.45) is -0.952. The maximum Gasteiger partial charge on any atom is 0.422 e. The van der Waals surface area contributed by atoms with Crippen molar-refractivity contribution in [2.75, 3.05) is 7.11 Å². The topological polar surface area (TPSA) is 84.5 Å². The summed E-state index contributed by atoms with van der Waals surface area (Å²) in [6, 6.07) is 3.93. The van der Waals surface area contributed by atoms with Crippen molar-refractivity contribution in [3.8, 4) is 0 Å². The van der Waals surface area contributed by atoms with Gasteiger partial charge in [0.2, 0.25) is 0 Å². The molecule has 0 atom stereocenters. The van der Waals surface area contributed by atoms with Gasteiger partial charge in [0, 0.05) is 5.02 Å². The molecule has 1 aromatic carbocycles. The Balaban J connectivity index is 2.97. The van der Waals surface area contributed by atoms with Gasteiger partial charge in [0.05, 0.1) is 12.1 Å². The molecule has 1 aromatic rings. The van der Waals surface area contributed by atoms with Gasteiger partial charge in [-0.1, -0.05) is 23.2 Å². The van der Waals surface area contributed by atoms with Gasteiger partial charge in [0.1, 0.15) is 4.90 Å². The van der Waals surface area contributed by atoms with E-state index in [1.165, 1.54) is 12.1 Å². The van der Waals surface area contributed by atoms with Gasteiger partial charge < -0.3 is 4.74 Å². The number of rotatable bonds is 3. The van der Waals surface area contributed by atoms with E-state index in [0.29, 0.717) is 0 Å². The van der Waals surface area contributed by atoms with Crippen LogP contribution in [0.15, 0.2) is 23.1 Å². The molecule has 9 heteroatoms. The first kappa shape index (κ1) is 14.0. The second-order valence-electron chi connectivity index (χ2n) is 2.80. The highest BCUT2D eigenvalue weighted by Crippen LogP contribution is 2.24. The Hall–Kier alpha value is -1.02. The van der Waals surface area contributed by atoms with Crippen LogP contribution in [0.3, 0.4) is 0 Å². The highest BCUT2D eigenvalue weighted by molar-refractivity contribution is 7.89. The van der Waals surface area contributed by atoms with E-state index in [-0.39, 0.29) is 14.9 Å². The summed E-state index contributed by atoms with van der Waals surface area (Å²) in [5.74, 6) is 0. The first-order valence-electron chi connectivity index (χ1n) is 4.17. The summed E-state index contributed by atoms with van der Waals surface area (Å²) >= 11 is 11.4. The number of carbonyl (C=O) groups excluding carboxylic acids is 1. The molecule has 0 spiro atoms. The fraction of sp³-hybridized carbons (Fsp3) is 0.125. The number of ether oxygens (including phenoxy) is 1. The van der Waals surface area contributed by atoms with Gasteiger partial charge in [-0.15, -0.1) is 4.83 Å². The van der Waals surface area contributed by atoms with E-state index in [0.717, 1.165) is 13.2 Å². The van der Waals surface area contributed by atoms with Crippen LogP contribution < -0.4 is 10.3 Å². The smallest absolute Gasteiger partial charge is 0.422 e. The predicted molar refractivity (Wildman–Crippen MR) is 62.3 cm³/mol. The Kier molecular flexibility index (Phi) is 4.58. The number of sulfonamides is 1. The molecule has 0 aromatic heterocycles. The van der Waals surface area contributed by atoms with E-state index in [2.05, 4.69) is 4.74 Å². The SMILES string of the molecule is COC(=O)NNS(=O)(=O)c1cc(Cl)ccc1Cl. The lowest BCUT2D eigenvalue weighted by atomic mass is 10.4. The van der Waals surface area contributed by atoms with Crippen molar-refractivity contribution in [3.63, 3.8) is 0 Å². The molecule has 0 bridgehead atoms. The molecule has 0 saturated heterocycles. The number of nitrogens with one attached hydrogen (secondary N) is 2. The molecule has 94 valence electrons. The summed E-state index contributed by atoms with van der Waals surface area (Å²) in [5, 5.41) is 0.182. The molecule has 1 amide bonds. The Labute approximate surface area is 108 Å². The number of hydrogen-bond acceptors (Lipinski definition) is 4. The van der Waals surface area contributed by atoms with Crippen LogP contribution in [0.1, 0.15) is 0 Å². The predicted octanol–water partition coefficient (Wildman–Crippen LogP) is 1.54. The van der Waals surface area contributed by atoms with Crippen LogP contribution in [0.2, 0.25) is 10.0 Å². The third-order valence-corrected chi connectivity index (χ3v) is 3.62. The Bertz CT molecular complexity index is 532. The van der Waals surface area contributed by atoms with Crippen LogP contribution in [0.25, 0.3) is 0 Å².